The van der Waals surface area contributed by atoms with Crippen LogP contribution in [0.15, 0.2) is 0 Å². The number of carboxylic acid groups (broad SMARTS) is 1. The quantitative estimate of drug-likeness (QED) is 0.581. The molecule has 4 heteroatoms. The second-order valence-corrected chi connectivity index (χ2v) is 6.90. The first-order valence-corrected chi connectivity index (χ1v) is 8.71. The normalized spacial score (nSPS) is 22.8. The van der Waals surface area contributed by atoms with E-state index in [2.05, 4.69) is 19.2 Å². The van der Waals surface area contributed by atoms with Gasteiger partial charge in [0.2, 0.25) is 0 Å². The number of hydrogen-bond acceptors (Lipinski definition) is 3. The van der Waals surface area contributed by atoms with E-state index in [4.69, 9.17) is 4.74 Å². The Morgan fingerprint density at radius 3 is 2.52 bits per heavy atom. The second-order valence-electron chi connectivity index (χ2n) is 6.90. The van der Waals surface area contributed by atoms with Crippen LogP contribution in [0, 0.1) is 11.8 Å². The van der Waals surface area contributed by atoms with E-state index in [0.717, 1.165) is 32.1 Å². The van der Waals surface area contributed by atoms with Crippen LogP contribution in [0.5, 0.6) is 0 Å². The molecule has 21 heavy (non-hydrogen) atoms. The Kier molecular flexibility index (Phi) is 6.06. The minimum Gasteiger partial charge on any atom is -0.480 e. The highest BCUT2D eigenvalue weighted by atomic mass is 16.5. The van der Waals surface area contributed by atoms with Crippen LogP contribution in [-0.4, -0.2) is 35.9 Å². The molecule has 2 N–H and O–H groups in total. The van der Waals surface area contributed by atoms with Crippen LogP contribution in [0.25, 0.3) is 0 Å². The summed E-state index contributed by atoms with van der Waals surface area (Å²) in [6.07, 6.45) is 8.98. The minimum atomic E-state index is -0.829. The van der Waals surface area contributed by atoms with Crippen molar-refractivity contribution >= 4 is 5.97 Å². The molecule has 0 spiro atoms. The molecule has 0 aromatic heterocycles. The Labute approximate surface area is 128 Å². The van der Waals surface area contributed by atoms with E-state index in [9.17, 15) is 9.90 Å². The van der Waals surface area contributed by atoms with Crippen LogP contribution in [-0.2, 0) is 9.53 Å². The standard InChI is InChI=1S/C17H31NO3/c1-3-5-6-13(4-2)11-21-12-17(16(19)20,14-7-8-14)18-15-9-10-15/h13-15,18H,3-12H2,1-2H3,(H,19,20). The Hall–Kier alpha value is -0.610. The molecule has 0 aromatic carbocycles. The maximum Gasteiger partial charge on any atom is 0.326 e. The topological polar surface area (TPSA) is 58.6 Å². The zero-order chi connectivity index (χ0) is 15.3. The van der Waals surface area contributed by atoms with Crippen molar-refractivity contribution in [1.82, 2.24) is 5.32 Å². The molecule has 0 radical (unpaired) electrons. The summed E-state index contributed by atoms with van der Waals surface area (Å²) in [6.45, 7) is 5.42. The summed E-state index contributed by atoms with van der Waals surface area (Å²) in [7, 11) is 0. The molecule has 2 aliphatic rings. The number of ether oxygens (including phenoxy) is 1. The number of carboxylic acids is 1. The van der Waals surface area contributed by atoms with Gasteiger partial charge in [0.15, 0.2) is 0 Å². The monoisotopic (exact) mass is 297 g/mol. The van der Waals surface area contributed by atoms with Gasteiger partial charge < -0.3 is 9.84 Å². The average Bonchev–Trinajstić information content (AvgIpc) is 3.34. The maximum absolute atomic E-state index is 11.8. The molecule has 2 fully saturated rings. The van der Waals surface area contributed by atoms with Gasteiger partial charge in [0.05, 0.1) is 6.61 Å². The molecule has 2 saturated carbocycles. The Morgan fingerprint density at radius 2 is 2.05 bits per heavy atom. The molecule has 2 aliphatic carbocycles. The van der Waals surface area contributed by atoms with Crippen LogP contribution in [0.3, 0.4) is 0 Å². The highest BCUT2D eigenvalue weighted by molar-refractivity contribution is 5.80. The molecule has 0 aromatic rings. The molecule has 0 saturated heterocycles. The summed E-state index contributed by atoms with van der Waals surface area (Å²) in [4.78, 5) is 11.8. The molecular weight excluding hydrogens is 266 g/mol. The van der Waals surface area contributed by atoms with E-state index in [1.54, 1.807) is 0 Å². The molecule has 2 atom stereocenters. The first-order chi connectivity index (χ1) is 10.1. The van der Waals surface area contributed by atoms with Crippen molar-refractivity contribution < 1.29 is 14.6 Å². The predicted octanol–water partition coefficient (Wildman–Crippen LogP) is 3.20. The number of rotatable bonds is 12. The summed E-state index contributed by atoms with van der Waals surface area (Å²) >= 11 is 0. The lowest BCUT2D eigenvalue weighted by atomic mass is 9.93. The predicted molar refractivity (Wildman–Crippen MR) is 83.4 cm³/mol. The van der Waals surface area contributed by atoms with Gasteiger partial charge in [0.25, 0.3) is 0 Å². The van der Waals surface area contributed by atoms with Gasteiger partial charge in [-0.2, -0.15) is 0 Å². The Bertz CT molecular complexity index is 339. The maximum atomic E-state index is 11.8. The Balaban J connectivity index is 1.84. The molecule has 4 nitrogen and oxygen atoms in total. The van der Waals surface area contributed by atoms with Crippen molar-refractivity contribution in [3.05, 3.63) is 0 Å². The molecule has 0 aliphatic heterocycles. The van der Waals surface area contributed by atoms with Crippen molar-refractivity contribution in [1.29, 1.82) is 0 Å². The molecule has 2 rings (SSSR count). The zero-order valence-corrected chi connectivity index (χ0v) is 13.6. The van der Waals surface area contributed by atoms with Gasteiger partial charge in [-0.1, -0.05) is 33.1 Å². The summed E-state index contributed by atoms with van der Waals surface area (Å²) in [5.74, 6) is 0.0985. The highest BCUT2D eigenvalue weighted by Gasteiger charge is 2.53. The smallest absolute Gasteiger partial charge is 0.326 e. The van der Waals surface area contributed by atoms with Crippen LogP contribution >= 0.6 is 0 Å². The number of aliphatic carboxylic acids is 1. The number of unbranched alkanes of at least 4 members (excludes halogenated alkanes) is 1. The van der Waals surface area contributed by atoms with E-state index < -0.39 is 11.5 Å². The van der Waals surface area contributed by atoms with Crippen LogP contribution in [0.1, 0.15) is 65.2 Å². The summed E-state index contributed by atoms with van der Waals surface area (Å²) in [6, 6.07) is 0.396. The van der Waals surface area contributed by atoms with Crippen molar-refractivity contribution in [2.75, 3.05) is 13.2 Å². The van der Waals surface area contributed by atoms with Crippen LogP contribution in [0.2, 0.25) is 0 Å². The lowest BCUT2D eigenvalue weighted by Gasteiger charge is -2.31. The third-order valence-electron chi connectivity index (χ3n) is 4.92. The summed E-state index contributed by atoms with van der Waals surface area (Å²) in [5.41, 5.74) is -0.829. The van der Waals surface area contributed by atoms with Gasteiger partial charge in [-0.3, -0.25) is 10.1 Å². The highest BCUT2D eigenvalue weighted by Crippen LogP contribution is 2.42. The molecule has 2 unspecified atom stereocenters. The van der Waals surface area contributed by atoms with E-state index >= 15 is 0 Å². The second kappa shape index (κ2) is 7.59. The summed E-state index contributed by atoms with van der Waals surface area (Å²) < 4.78 is 5.90. The fraction of sp³-hybridized carbons (Fsp3) is 0.941. The molecule has 122 valence electrons. The first kappa shape index (κ1) is 16.8. The largest absolute Gasteiger partial charge is 0.480 e. The van der Waals surface area contributed by atoms with Crippen molar-refractivity contribution in [3.63, 3.8) is 0 Å². The number of carbonyl (C=O) groups is 1. The van der Waals surface area contributed by atoms with Crippen molar-refractivity contribution in [2.45, 2.75) is 76.8 Å². The Morgan fingerprint density at radius 1 is 1.33 bits per heavy atom. The molecule has 0 heterocycles. The molecule has 0 bridgehead atoms. The van der Waals surface area contributed by atoms with E-state index in [1.165, 1.54) is 19.3 Å². The minimum absolute atomic E-state index is 0.256. The van der Waals surface area contributed by atoms with E-state index in [0.29, 0.717) is 25.2 Å². The van der Waals surface area contributed by atoms with Gasteiger partial charge in [-0.25, -0.2) is 0 Å². The van der Waals surface area contributed by atoms with E-state index in [1.807, 2.05) is 0 Å². The first-order valence-electron chi connectivity index (χ1n) is 8.71. The zero-order valence-electron chi connectivity index (χ0n) is 13.6. The van der Waals surface area contributed by atoms with Gasteiger partial charge in [0.1, 0.15) is 5.54 Å². The van der Waals surface area contributed by atoms with Crippen molar-refractivity contribution in [2.24, 2.45) is 11.8 Å². The van der Waals surface area contributed by atoms with Gasteiger partial charge in [0, 0.05) is 12.6 Å². The molecular formula is C17H31NO3. The third kappa shape index (κ3) is 4.68. The lowest BCUT2D eigenvalue weighted by Crippen LogP contribution is -2.58. The fourth-order valence-electron chi connectivity index (χ4n) is 3.03. The number of nitrogens with one attached hydrogen (secondary N) is 1. The van der Waals surface area contributed by atoms with Crippen LogP contribution in [0.4, 0.5) is 0 Å². The van der Waals surface area contributed by atoms with Gasteiger partial charge in [-0.15, -0.1) is 0 Å². The van der Waals surface area contributed by atoms with Crippen molar-refractivity contribution in [3.8, 4) is 0 Å². The number of hydrogen-bond donors (Lipinski definition) is 2. The van der Waals surface area contributed by atoms with Crippen LogP contribution < -0.4 is 5.32 Å². The third-order valence-corrected chi connectivity index (χ3v) is 4.92. The van der Waals surface area contributed by atoms with Gasteiger partial charge >= 0.3 is 5.97 Å². The van der Waals surface area contributed by atoms with Gasteiger partial charge in [-0.05, 0) is 43.9 Å². The fourth-order valence-corrected chi connectivity index (χ4v) is 3.03. The SMILES string of the molecule is CCCCC(CC)COCC(NC1CC1)(C(=O)O)C1CC1. The summed E-state index contributed by atoms with van der Waals surface area (Å²) in [5, 5.41) is 13.1. The van der Waals surface area contributed by atoms with E-state index in [-0.39, 0.29) is 5.92 Å². The molecule has 0 amide bonds. The lowest BCUT2D eigenvalue weighted by molar-refractivity contribution is -0.149. The average molecular weight is 297 g/mol.